The van der Waals surface area contributed by atoms with Crippen LogP contribution in [0.2, 0.25) is 0 Å². The van der Waals surface area contributed by atoms with Gasteiger partial charge >= 0.3 is 0 Å². The molecule has 3 heteroatoms. The van der Waals surface area contributed by atoms with Gasteiger partial charge in [0.15, 0.2) is 0 Å². The highest BCUT2D eigenvalue weighted by molar-refractivity contribution is 6.50. The van der Waals surface area contributed by atoms with Crippen molar-refractivity contribution in [3.05, 3.63) is 23.8 Å². The molecule has 1 rings (SSSR count). The van der Waals surface area contributed by atoms with Crippen LogP contribution in [-0.4, -0.2) is 15.5 Å². The summed E-state index contributed by atoms with van der Waals surface area (Å²) in [5.41, 5.74) is 0.877. The number of aliphatic hydroxyl groups excluding tert-OH is 1. The highest BCUT2D eigenvalue weighted by Gasteiger charge is 2.22. The summed E-state index contributed by atoms with van der Waals surface area (Å²) in [4.78, 5) is 0. The lowest BCUT2D eigenvalue weighted by Crippen LogP contribution is -2.14. The normalized spacial score (nSPS) is 24.5. The lowest BCUT2D eigenvalue weighted by Gasteiger charge is -2.18. The van der Waals surface area contributed by atoms with Crippen LogP contribution in [0.3, 0.4) is 0 Å². The number of aliphatic hydroxyl groups is 1. The molecule has 0 aliphatic heterocycles. The van der Waals surface area contributed by atoms with Gasteiger partial charge in [-0.3, -0.25) is 0 Å². The largest absolute Gasteiger partial charge is 0.389 e. The number of rotatable bonds is 1. The van der Waals surface area contributed by atoms with Gasteiger partial charge in [-0.05, 0) is 18.6 Å². The Morgan fingerprint density at radius 3 is 2.64 bits per heavy atom. The fourth-order valence-electron chi connectivity index (χ4n) is 0.918. The van der Waals surface area contributed by atoms with E-state index >= 15 is 0 Å². The molecule has 1 nitrogen and oxygen atoms in total. The van der Waals surface area contributed by atoms with Crippen LogP contribution >= 0.6 is 23.2 Å². The molecule has 1 unspecified atom stereocenters. The molecule has 0 bridgehead atoms. The Bertz CT molecular complexity index is 204. The minimum Gasteiger partial charge on any atom is -0.389 e. The highest BCUT2D eigenvalue weighted by atomic mass is 35.5. The number of hydrogen-bond acceptors (Lipinski definition) is 1. The summed E-state index contributed by atoms with van der Waals surface area (Å²) in [6, 6.07) is 0. The Morgan fingerprint density at radius 2 is 2.27 bits per heavy atom. The van der Waals surface area contributed by atoms with E-state index in [2.05, 4.69) is 0 Å². The predicted octanol–water partition coefficient (Wildman–Crippen LogP) is 2.43. The van der Waals surface area contributed by atoms with Gasteiger partial charge in [0, 0.05) is 6.42 Å². The second-order valence-electron chi connectivity index (χ2n) is 2.68. The summed E-state index contributed by atoms with van der Waals surface area (Å²) in [6.07, 6.45) is 5.43. The van der Waals surface area contributed by atoms with E-state index in [4.69, 9.17) is 28.3 Å². The van der Waals surface area contributed by atoms with Gasteiger partial charge in [-0.1, -0.05) is 35.4 Å². The van der Waals surface area contributed by atoms with Gasteiger partial charge < -0.3 is 5.11 Å². The van der Waals surface area contributed by atoms with Crippen molar-refractivity contribution < 1.29 is 5.11 Å². The summed E-state index contributed by atoms with van der Waals surface area (Å²) < 4.78 is -0.779. The Balaban J connectivity index is 2.68. The highest BCUT2D eigenvalue weighted by Crippen LogP contribution is 2.32. The van der Waals surface area contributed by atoms with Crippen molar-refractivity contribution in [2.45, 2.75) is 23.8 Å². The molecular formula is C8H10Cl2O. The van der Waals surface area contributed by atoms with Crippen LogP contribution in [0.25, 0.3) is 0 Å². The van der Waals surface area contributed by atoms with Gasteiger partial charge in [-0.25, -0.2) is 0 Å². The first kappa shape index (κ1) is 9.11. The first-order chi connectivity index (χ1) is 5.01. The second kappa shape index (κ2) is 3.18. The fourth-order valence-corrected chi connectivity index (χ4v) is 1.20. The molecule has 0 aromatic rings. The standard InChI is InChI=1S/C8H10Cl2O/c1-6(11)7-2-4-8(9,10)5-3-7/h2-4,6,11H,5H2,1H3. The molecule has 0 fully saturated rings. The minimum absolute atomic E-state index is 0.435. The quantitative estimate of drug-likeness (QED) is 0.634. The zero-order valence-corrected chi connectivity index (χ0v) is 7.73. The predicted molar refractivity (Wildman–Crippen MR) is 48.0 cm³/mol. The molecule has 11 heavy (non-hydrogen) atoms. The lowest BCUT2D eigenvalue weighted by molar-refractivity contribution is 0.234. The van der Waals surface area contributed by atoms with E-state index < -0.39 is 10.4 Å². The van der Waals surface area contributed by atoms with Crippen LogP contribution in [0.5, 0.6) is 0 Å². The molecular weight excluding hydrogens is 183 g/mol. The van der Waals surface area contributed by atoms with E-state index in [0.29, 0.717) is 6.42 Å². The second-order valence-corrected chi connectivity index (χ2v) is 4.22. The van der Waals surface area contributed by atoms with Gasteiger partial charge in [0.05, 0.1) is 6.10 Å². The fraction of sp³-hybridized carbons (Fsp3) is 0.500. The van der Waals surface area contributed by atoms with Crippen molar-refractivity contribution in [2.75, 3.05) is 0 Å². The average molecular weight is 193 g/mol. The molecule has 0 saturated heterocycles. The summed E-state index contributed by atoms with van der Waals surface area (Å²) in [6.45, 7) is 1.71. The molecule has 62 valence electrons. The van der Waals surface area contributed by atoms with Gasteiger partial charge in [0.1, 0.15) is 4.33 Å². The third kappa shape index (κ3) is 2.51. The molecule has 0 aromatic heterocycles. The van der Waals surface area contributed by atoms with E-state index in [9.17, 15) is 0 Å². The van der Waals surface area contributed by atoms with Crippen molar-refractivity contribution in [1.29, 1.82) is 0 Å². The minimum atomic E-state index is -0.779. The van der Waals surface area contributed by atoms with Crippen molar-refractivity contribution in [1.82, 2.24) is 0 Å². The molecule has 1 aliphatic carbocycles. The average Bonchev–Trinajstić information content (AvgIpc) is 1.86. The van der Waals surface area contributed by atoms with Gasteiger partial charge in [-0.15, -0.1) is 0 Å². The smallest absolute Gasteiger partial charge is 0.140 e. The SMILES string of the molecule is CC(O)C1=CCC(Cl)(Cl)C=C1. The van der Waals surface area contributed by atoms with Crippen LogP contribution in [0.15, 0.2) is 23.8 Å². The number of hydrogen-bond donors (Lipinski definition) is 1. The van der Waals surface area contributed by atoms with Crippen LogP contribution < -0.4 is 0 Å². The maximum Gasteiger partial charge on any atom is 0.140 e. The van der Waals surface area contributed by atoms with Crippen LogP contribution in [0, 0.1) is 0 Å². The molecule has 0 heterocycles. The molecule has 0 radical (unpaired) electrons. The van der Waals surface area contributed by atoms with Gasteiger partial charge in [0.25, 0.3) is 0 Å². The van der Waals surface area contributed by atoms with Crippen molar-refractivity contribution in [3.63, 3.8) is 0 Å². The summed E-state index contributed by atoms with van der Waals surface area (Å²) >= 11 is 11.6. The zero-order valence-electron chi connectivity index (χ0n) is 6.22. The Kier molecular flexibility index (Phi) is 2.63. The summed E-state index contributed by atoms with van der Waals surface area (Å²) in [7, 11) is 0. The van der Waals surface area contributed by atoms with E-state index in [1.54, 1.807) is 19.1 Å². The third-order valence-corrected chi connectivity index (χ3v) is 2.17. The van der Waals surface area contributed by atoms with E-state index in [-0.39, 0.29) is 0 Å². The molecule has 0 saturated carbocycles. The van der Waals surface area contributed by atoms with E-state index in [1.807, 2.05) is 6.08 Å². The zero-order chi connectivity index (χ0) is 8.48. The molecule has 0 amide bonds. The molecule has 1 N–H and O–H groups in total. The summed E-state index contributed by atoms with van der Waals surface area (Å²) in [5.74, 6) is 0. The lowest BCUT2D eigenvalue weighted by atomic mass is 10.0. The van der Waals surface area contributed by atoms with E-state index in [1.165, 1.54) is 0 Å². The van der Waals surface area contributed by atoms with Crippen molar-refractivity contribution in [3.8, 4) is 0 Å². The topological polar surface area (TPSA) is 20.2 Å². The van der Waals surface area contributed by atoms with Gasteiger partial charge in [-0.2, -0.15) is 0 Å². The number of allylic oxidation sites excluding steroid dienone is 2. The molecule has 0 aromatic carbocycles. The molecule has 1 aliphatic rings. The van der Waals surface area contributed by atoms with Crippen molar-refractivity contribution >= 4 is 23.2 Å². The first-order valence-corrected chi connectivity index (χ1v) is 4.22. The van der Waals surface area contributed by atoms with E-state index in [0.717, 1.165) is 5.57 Å². The van der Waals surface area contributed by atoms with Gasteiger partial charge in [0.2, 0.25) is 0 Å². The molecule has 0 spiro atoms. The van der Waals surface area contributed by atoms with Crippen molar-refractivity contribution in [2.24, 2.45) is 0 Å². The van der Waals surface area contributed by atoms with Crippen LogP contribution in [-0.2, 0) is 0 Å². The maximum atomic E-state index is 9.14. The van der Waals surface area contributed by atoms with Crippen LogP contribution in [0.1, 0.15) is 13.3 Å². The maximum absolute atomic E-state index is 9.14. The first-order valence-electron chi connectivity index (χ1n) is 3.46. The van der Waals surface area contributed by atoms with Crippen LogP contribution in [0.4, 0.5) is 0 Å². The summed E-state index contributed by atoms with van der Waals surface area (Å²) in [5, 5.41) is 9.14. The monoisotopic (exact) mass is 192 g/mol. The third-order valence-electron chi connectivity index (χ3n) is 1.61. The Morgan fingerprint density at radius 1 is 1.64 bits per heavy atom. The number of alkyl halides is 2. The number of halogens is 2. The Hall–Kier alpha value is 0.0200. The Labute approximate surface area is 76.3 Å². The molecule has 1 atom stereocenters.